The molecule has 2 atom stereocenters. The van der Waals surface area contributed by atoms with Crippen LogP contribution in [0.2, 0.25) is 43.8 Å². The summed E-state index contributed by atoms with van der Waals surface area (Å²) in [5.41, 5.74) is 1.57. The number of aromatic nitrogens is 4. The highest BCUT2D eigenvalue weighted by atomic mass is 28.4. The zero-order chi connectivity index (χ0) is 29.8. The molecule has 0 unspecified atom stereocenters. The Labute approximate surface area is 247 Å². The molecule has 2 saturated carbocycles. The van der Waals surface area contributed by atoms with Crippen molar-refractivity contribution in [3.63, 3.8) is 0 Å². The lowest BCUT2D eigenvalue weighted by Gasteiger charge is -2.43. The Balaban J connectivity index is 1.31. The number of hydrogen-bond donors (Lipinski definition) is 1. The van der Waals surface area contributed by atoms with Gasteiger partial charge in [0.2, 0.25) is 11.9 Å². The molecule has 1 amide bonds. The van der Waals surface area contributed by atoms with Crippen molar-refractivity contribution in [3.8, 4) is 0 Å². The summed E-state index contributed by atoms with van der Waals surface area (Å²) in [6, 6.07) is 3.21. The average Bonchev–Trinajstić information content (AvgIpc) is 3.53. The van der Waals surface area contributed by atoms with Crippen molar-refractivity contribution in [2.45, 2.75) is 134 Å². The fraction of sp³-hybridized carbons (Fsp3) is 0.733. The van der Waals surface area contributed by atoms with Crippen LogP contribution in [0.15, 0.2) is 12.3 Å². The van der Waals surface area contributed by atoms with E-state index in [0.717, 1.165) is 68.3 Å². The molecule has 0 bridgehead atoms. The minimum Gasteiger partial charge on any atom is -0.414 e. The molecule has 5 rings (SSSR count). The highest BCUT2D eigenvalue weighted by molar-refractivity contribution is 6.76. The summed E-state index contributed by atoms with van der Waals surface area (Å²) in [4.78, 5) is 25.5. The first kappa shape index (κ1) is 30.4. The van der Waals surface area contributed by atoms with Crippen LogP contribution in [0.1, 0.15) is 70.6 Å². The third kappa shape index (κ3) is 6.33. The number of carbonyl (C=O) groups is 1. The number of amides is 1. The van der Waals surface area contributed by atoms with Crippen LogP contribution in [-0.2, 0) is 26.1 Å². The minimum atomic E-state index is -1.90. The van der Waals surface area contributed by atoms with Crippen LogP contribution in [0.3, 0.4) is 0 Å². The van der Waals surface area contributed by atoms with Crippen LogP contribution in [0.25, 0.3) is 0 Å². The van der Waals surface area contributed by atoms with Gasteiger partial charge in [-0.15, -0.1) is 0 Å². The lowest BCUT2D eigenvalue weighted by Crippen LogP contribution is -2.49. The van der Waals surface area contributed by atoms with E-state index >= 15 is 0 Å². The number of rotatable bonds is 10. The maximum atomic E-state index is 13.9. The molecule has 0 aromatic carbocycles. The van der Waals surface area contributed by atoms with Gasteiger partial charge in [-0.3, -0.25) is 9.69 Å². The molecule has 2 aliphatic carbocycles. The van der Waals surface area contributed by atoms with E-state index in [1.54, 1.807) is 0 Å². The number of hydrogen-bond acceptors (Lipinski definition) is 7. The topological polar surface area (TPSA) is 94.4 Å². The maximum absolute atomic E-state index is 13.9. The van der Waals surface area contributed by atoms with E-state index in [1.165, 1.54) is 0 Å². The minimum absolute atomic E-state index is 0.0993. The van der Waals surface area contributed by atoms with Gasteiger partial charge in [-0.1, -0.05) is 40.4 Å². The predicted octanol–water partition coefficient (Wildman–Crippen LogP) is 6.75. The Morgan fingerprint density at radius 1 is 1.15 bits per heavy atom. The number of fused-ring (bicyclic) bond motifs is 2. The number of anilines is 3. The summed E-state index contributed by atoms with van der Waals surface area (Å²) in [7, 11) is -3.03. The predicted molar refractivity (Wildman–Crippen MR) is 169 cm³/mol. The molecule has 2 fully saturated rings. The van der Waals surface area contributed by atoms with Gasteiger partial charge in [0.15, 0.2) is 14.1 Å². The van der Waals surface area contributed by atoms with Crippen LogP contribution in [0.4, 0.5) is 17.6 Å². The summed E-state index contributed by atoms with van der Waals surface area (Å²) in [6.45, 7) is 21.7. The highest BCUT2D eigenvalue weighted by Gasteiger charge is 2.61. The summed E-state index contributed by atoms with van der Waals surface area (Å²) in [6.07, 6.45) is 7.76. The first-order valence-corrected chi connectivity index (χ1v) is 22.0. The molecule has 3 heterocycles. The van der Waals surface area contributed by atoms with E-state index in [9.17, 15) is 4.79 Å². The maximum Gasteiger partial charge on any atom is 0.239 e. The van der Waals surface area contributed by atoms with Crippen LogP contribution in [0.5, 0.6) is 0 Å². The lowest BCUT2D eigenvalue weighted by molar-refractivity contribution is -0.120. The van der Waals surface area contributed by atoms with E-state index in [4.69, 9.17) is 14.1 Å². The molecule has 3 aliphatic rings. The summed E-state index contributed by atoms with van der Waals surface area (Å²) < 4.78 is 14.6. The Morgan fingerprint density at radius 2 is 1.88 bits per heavy atom. The van der Waals surface area contributed by atoms with Crippen LogP contribution < -0.4 is 10.2 Å². The fourth-order valence-corrected chi connectivity index (χ4v) is 7.90. The summed E-state index contributed by atoms with van der Waals surface area (Å²) in [5, 5.41) is 8.13. The molecule has 2 aromatic heterocycles. The second-order valence-electron chi connectivity index (χ2n) is 15.2. The zero-order valence-electron chi connectivity index (χ0n) is 26.6. The Bertz CT molecular complexity index is 1280. The average molecular weight is 599 g/mol. The zero-order valence-corrected chi connectivity index (χ0v) is 28.6. The highest BCUT2D eigenvalue weighted by Crippen LogP contribution is 2.58. The standard InChI is InChI=1S/C30H50N6O3Si2/c1-21-17-25(34-35(21)20-38-15-16-40(5,6)7)32-28-31-19-24-26(33-28)36(27(37)30(24)13-14-30)22-11-10-12-23(18-22)39-41(8,9)29(2,3)4/h17,19,22-23H,10-16,18,20H2,1-9H3,(H,31,32,33,34)/t22-,23-/m1/s1. The van der Waals surface area contributed by atoms with E-state index in [-0.39, 0.29) is 23.1 Å². The van der Waals surface area contributed by atoms with Gasteiger partial charge < -0.3 is 14.5 Å². The largest absolute Gasteiger partial charge is 0.414 e. The molecule has 2 aromatic rings. The molecule has 0 saturated heterocycles. The van der Waals surface area contributed by atoms with E-state index in [0.29, 0.717) is 18.5 Å². The molecular weight excluding hydrogens is 549 g/mol. The number of nitrogens with one attached hydrogen (secondary N) is 1. The van der Waals surface area contributed by atoms with Crippen molar-refractivity contribution in [1.82, 2.24) is 19.7 Å². The number of carbonyl (C=O) groups excluding carboxylic acids is 1. The van der Waals surface area contributed by atoms with E-state index < -0.39 is 21.8 Å². The lowest BCUT2D eigenvalue weighted by atomic mass is 9.92. The van der Waals surface area contributed by atoms with Crippen molar-refractivity contribution >= 4 is 39.9 Å². The van der Waals surface area contributed by atoms with E-state index in [1.807, 2.05) is 28.8 Å². The number of ether oxygens (including phenoxy) is 1. The van der Waals surface area contributed by atoms with Gasteiger partial charge in [0.05, 0.1) is 5.41 Å². The van der Waals surface area contributed by atoms with E-state index in [2.05, 4.69) is 68.9 Å². The van der Waals surface area contributed by atoms with Crippen molar-refractivity contribution in [2.24, 2.45) is 0 Å². The van der Waals surface area contributed by atoms with Crippen LogP contribution in [0, 0.1) is 6.92 Å². The number of aryl methyl sites for hydroxylation is 1. The van der Waals surface area contributed by atoms with Gasteiger partial charge >= 0.3 is 0 Å². The van der Waals surface area contributed by atoms with Crippen molar-refractivity contribution in [2.75, 3.05) is 16.8 Å². The van der Waals surface area contributed by atoms with Crippen molar-refractivity contribution in [3.05, 3.63) is 23.5 Å². The summed E-state index contributed by atoms with van der Waals surface area (Å²) in [5.74, 6) is 2.11. The molecule has 11 heteroatoms. The van der Waals surface area contributed by atoms with Crippen LogP contribution >= 0.6 is 0 Å². The summed E-state index contributed by atoms with van der Waals surface area (Å²) >= 11 is 0. The SMILES string of the molecule is Cc1cc(Nc2ncc3c(n2)N([C@@H]2CCC[C@@H](O[Si](C)(C)C(C)(C)C)C2)C(=O)C32CC2)nn1COCC[Si](C)(C)C. The second kappa shape index (κ2) is 10.9. The van der Waals surface area contributed by atoms with Gasteiger partial charge in [-0.25, -0.2) is 9.67 Å². The Hall–Kier alpha value is -2.09. The third-order valence-corrected chi connectivity index (χ3v) is 15.8. The molecule has 0 radical (unpaired) electrons. The van der Waals surface area contributed by atoms with Gasteiger partial charge in [-0.05, 0) is 69.6 Å². The fourth-order valence-electron chi connectivity index (χ4n) is 5.74. The van der Waals surface area contributed by atoms with Crippen LogP contribution in [-0.4, -0.2) is 60.8 Å². The Morgan fingerprint density at radius 3 is 2.54 bits per heavy atom. The van der Waals surface area contributed by atoms with Crippen molar-refractivity contribution < 1.29 is 14.0 Å². The van der Waals surface area contributed by atoms with Crippen molar-refractivity contribution in [1.29, 1.82) is 0 Å². The van der Waals surface area contributed by atoms with Gasteiger partial charge in [0.25, 0.3) is 0 Å². The van der Waals surface area contributed by atoms with Gasteiger partial charge in [-0.2, -0.15) is 10.1 Å². The molecule has 226 valence electrons. The van der Waals surface area contributed by atoms with Gasteiger partial charge in [0.1, 0.15) is 12.5 Å². The molecule has 1 N–H and O–H groups in total. The normalized spacial score (nSPS) is 22.4. The monoisotopic (exact) mass is 598 g/mol. The molecular formula is C30H50N6O3Si2. The Kier molecular flexibility index (Phi) is 8.06. The molecule has 1 aliphatic heterocycles. The molecule has 41 heavy (non-hydrogen) atoms. The first-order chi connectivity index (χ1) is 19.1. The number of nitrogens with zero attached hydrogens (tertiary/aromatic N) is 5. The second-order valence-corrected chi connectivity index (χ2v) is 25.5. The third-order valence-electron chi connectivity index (χ3n) is 9.55. The first-order valence-electron chi connectivity index (χ1n) is 15.4. The van der Waals surface area contributed by atoms with Gasteiger partial charge in [0, 0.05) is 50.3 Å². The molecule has 1 spiro atoms. The molecule has 9 nitrogen and oxygen atoms in total. The quantitative estimate of drug-likeness (QED) is 0.239. The smallest absolute Gasteiger partial charge is 0.239 e.